The summed E-state index contributed by atoms with van der Waals surface area (Å²) < 4.78 is 27.0. The molecule has 0 aliphatic carbocycles. The predicted octanol–water partition coefficient (Wildman–Crippen LogP) is 6.71. The molecule has 1 saturated heterocycles. The minimum Gasteiger partial charge on any atom is -0.420 e. The van der Waals surface area contributed by atoms with Gasteiger partial charge in [-0.25, -0.2) is 13.9 Å². The van der Waals surface area contributed by atoms with E-state index < -0.39 is 11.8 Å². The van der Waals surface area contributed by atoms with E-state index in [9.17, 15) is 9.18 Å². The van der Waals surface area contributed by atoms with Crippen molar-refractivity contribution >= 4 is 63.3 Å². The number of hydrogen-bond donors (Lipinski definition) is 0. The van der Waals surface area contributed by atoms with Gasteiger partial charge in [-0.15, -0.1) is 0 Å². The van der Waals surface area contributed by atoms with Crippen LogP contribution in [0.5, 0.6) is 5.75 Å². The number of halogens is 5. The van der Waals surface area contributed by atoms with Gasteiger partial charge in [0.05, 0.1) is 15.6 Å². The summed E-state index contributed by atoms with van der Waals surface area (Å²) in [5.74, 6) is -1.73. The molecule has 29 heavy (non-hydrogen) atoms. The highest BCUT2D eigenvalue weighted by molar-refractivity contribution is 6.40. The SMILES string of the molecule is O=C(Oc1c(Cl)cc(Cl)cc1Cl)c1cc(F)c(Cl)c2nn(C3CCCCO3)cc12. The van der Waals surface area contributed by atoms with Gasteiger partial charge in [0.25, 0.3) is 0 Å². The van der Waals surface area contributed by atoms with E-state index >= 15 is 0 Å². The third-order valence-corrected chi connectivity index (χ3v) is 5.68. The van der Waals surface area contributed by atoms with Gasteiger partial charge in [-0.2, -0.15) is 5.10 Å². The zero-order valence-electron chi connectivity index (χ0n) is 14.7. The molecule has 1 unspecified atom stereocenters. The molecule has 3 aromatic rings. The summed E-state index contributed by atoms with van der Waals surface area (Å²) >= 11 is 24.1. The van der Waals surface area contributed by atoms with Crippen LogP contribution in [0.2, 0.25) is 20.1 Å². The highest BCUT2D eigenvalue weighted by Crippen LogP contribution is 2.37. The molecule has 0 spiro atoms. The van der Waals surface area contributed by atoms with Crippen molar-refractivity contribution < 1.29 is 18.7 Å². The second-order valence-electron chi connectivity index (χ2n) is 6.50. The molecule has 1 aliphatic rings. The number of fused-ring (bicyclic) bond motifs is 1. The van der Waals surface area contributed by atoms with Crippen molar-refractivity contribution in [3.63, 3.8) is 0 Å². The molecule has 1 atom stereocenters. The molecule has 0 N–H and O–H groups in total. The van der Waals surface area contributed by atoms with Gasteiger partial charge >= 0.3 is 5.97 Å². The molecule has 2 heterocycles. The van der Waals surface area contributed by atoms with Crippen molar-refractivity contribution in [2.24, 2.45) is 0 Å². The zero-order chi connectivity index (χ0) is 20.7. The van der Waals surface area contributed by atoms with Crippen LogP contribution in [0.3, 0.4) is 0 Å². The molecule has 1 fully saturated rings. The highest BCUT2D eigenvalue weighted by atomic mass is 35.5. The Balaban J connectivity index is 1.76. The first kappa shape index (κ1) is 20.7. The Kier molecular flexibility index (Phi) is 5.91. The molecule has 1 aliphatic heterocycles. The van der Waals surface area contributed by atoms with Crippen molar-refractivity contribution in [1.29, 1.82) is 0 Å². The van der Waals surface area contributed by atoms with Gasteiger partial charge in [-0.05, 0) is 37.5 Å². The monoisotopic (exact) mass is 476 g/mol. The Morgan fingerprint density at radius 1 is 1.17 bits per heavy atom. The fourth-order valence-electron chi connectivity index (χ4n) is 3.15. The topological polar surface area (TPSA) is 53.3 Å². The van der Waals surface area contributed by atoms with Gasteiger partial charge in [-0.3, -0.25) is 0 Å². The quantitative estimate of drug-likeness (QED) is 0.310. The second-order valence-corrected chi connectivity index (χ2v) is 8.13. The number of esters is 1. The molecule has 10 heteroatoms. The van der Waals surface area contributed by atoms with E-state index in [4.69, 9.17) is 55.9 Å². The summed E-state index contributed by atoms with van der Waals surface area (Å²) in [7, 11) is 0. The number of ether oxygens (including phenoxy) is 2. The lowest BCUT2D eigenvalue weighted by atomic mass is 10.1. The summed E-state index contributed by atoms with van der Waals surface area (Å²) in [4.78, 5) is 12.8. The first-order valence-corrected chi connectivity index (χ1v) is 10.2. The van der Waals surface area contributed by atoms with Gasteiger partial charge in [0.2, 0.25) is 0 Å². The summed E-state index contributed by atoms with van der Waals surface area (Å²) in [5, 5.41) is 4.86. The van der Waals surface area contributed by atoms with Crippen LogP contribution < -0.4 is 4.74 Å². The molecule has 0 saturated carbocycles. The second kappa shape index (κ2) is 8.28. The number of carbonyl (C=O) groups is 1. The number of hydrogen-bond acceptors (Lipinski definition) is 4. The Labute approximate surface area is 185 Å². The maximum absolute atomic E-state index is 14.4. The third-order valence-electron chi connectivity index (χ3n) is 4.54. The lowest BCUT2D eigenvalue weighted by molar-refractivity contribution is -0.0390. The Morgan fingerprint density at radius 2 is 1.90 bits per heavy atom. The lowest BCUT2D eigenvalue weighted by Gasteiger charge is -2.22. The van der Waals surface area contributed by atoms with Crippen LogP contribution >= 0.6 is 46.4 Å². The van der Waals surface area contributed by atoms with E-state index in [-0.39, 0.29) is 43.1 Å². The highest BCUT2D eigenvalue weighted by Gasteiger charge is 2.25. The number of benzene rings is 2. The van der Waals surface area contributed by atoms with E-state index in [1.54, 1.807) is 10.9 Å². The first-order valence-electron chi connectivity index (χ1n) is 8.70. The van der Waals surface area contributed by atoms with Gasteiger partial charge in [0.15, 0.2) is 5.75 Å². The number of aromatic nitrogens is 2. The number of nitrogens with zero attached hydrogens (tertiary/aromatic N) is 2. The summed E-state index contributed by atoms with van der Waals surface area (Å²) in [6, 6.07) is 3.76. The minimum atomic E-state index is -0.860. The van der Waals surface area contributed by atoms with Crippen molar-refractivity contribution in [2.45, 2.75) is 25.5 Å². The maximum atomic E-state index is 14.4. The van der Waals surface area contributed by atoms with Crippen LogP contribution in [0.25, 0.3) is 10.9 Å². The molecular weight excluding hydrogens is 465 g/mol. The van der Waals surface area contributed by atoms with Crippen LogP contribution in [-0.4, -0.2) is 22.4 Å². The normalized spacial score (nSPS) is 16.9. The molecule has 4 rings (SSSR count). The maximum Gasteiger partial charge on any atom is 0.344 e. The average molecular weight is 478 g/mol. The molecule has 152 valence electrons. The van der Waals surface area contributed by atoms with Crippen LogP contribution in [0.4, 0.5) is 4.39 Å². The Bertz CT molecular complexity index is 1090. The van der Waals surface area contributed by atoms with E-state index in [0.717, 1.165) is 25.3 Å². The largest absolute Gasteiger partial charge is 0.420 e. The fourth-order valence-corrected chi connectivity index (χ4v) is 4.24. The van der Waals surface area contributed by atoms with Crippen molar-refractivity contribution in [3.8, 4) is 5.75 Å². The van der Waals surface area contributed by atoms with Gasteiger partial charge in [0.1, 0.15) is 22.6 Å². The van der Waals surface area contributed by atoms with Crippen LogP contribution in [0.1, 0.15) is 35.8 Å². The molecule has 0 bridgehead atoms. The standard InChI is InChI=1S/C19H13Cl4FN2O3/c20-9-5-12(21)18(13(22)6-9)29-19(27)10-7-14(24)16(23)17-11(10)8-26(25-17)15-3-1-2-4-28-15/h5-8,15H,1-4H2. The van der Waals surface area contributed by atoms with Gasteiger partial charge < -0.3 is 9.47 Å². The molecule has 2 aromatic carbocycles. The van der Waals surface area contributed by atoms with Crippen molar-refractivity contribution in [2.75, 3.05) is 6.61 Å². The molecule has 1 aromatic heterocycles. The smallest absolute Gasteiger partial charge is 0.344 e. The molecule has 0 radical (unpaired) electrons. The van der Waals surface area contributed by atoms with Gasteiger partial charge in [-0.1, -0.05) is 46.4 Å². The third kappa shape index (κ3) is 4.05. The van der Waals surface area contributed by atoms with Gasteiger partial charge in [0, 0.05) is 23.2 Å². The summed E-state index contributed by atoms with van der Waals surface area (Å²) in [6.07, 6.45) is 3.99. The molecule has 0 amide bonds. The van der Waals surface area contributed by atoms with Crippen molar-refractivity contribution in [3.05, 3.63) is 55.9 Å². The summed E-state index contributed by atoms with van der Waals surface area (Å²) in [5.41, 5.74) is 0.0760. The first-order chi connectivity index (χ1) is 13.8. The summed E-state index contributed by atoms with van der Waals surface area (Å²) in [6.45, 7) is 0.603. The predicted molar refractivity (Wildman–Crippen MR) is 110 cm³/mol. The molecule has 5 nitrogen and oxygen atoms in total. The Morgan fingerprint density at radius 3 is 2.55 bits per heavy atom. The number of carbonyl (C=O) groups excluding carboxylic acids is 1. The van der Waals surface area contributed by atoms with Crippen molar-refractivity contribution in [1.82, 2.24) is 9.78 Å². The van der Waals surface area contributed by atoms with E-state index in [1.165, 1.54) is 12.1 Å². The van der Waals surface area contributed by atoms with E-state index in [0.29, 0.717) is 12.0 Å². The number of rotatable bonds is 3. The van der Waals surface area contributed by atoms with Crippen LogP contribution in [-0.2, 0) is 4.74 Å². The lowest BCUT2D eigenvalue weighted by Crippen LogP contribution is -2.18. The minimum absolute atomic E-state index is 0.0489. The molecular formula is C19H13Cl4FN2O3. The Hall–Kier alpha value is -1.57. The van der Waals surface area contributed by atoms with Crippen LogP contribution in [0, 0.1) is 5.82 Å². The zero-order valence-corrected chi connectivity index (χ0v) is 17.7. The van der Waals surface area contributed by atoms with E-state index in [1.807, 2.05) is 0 Å². The van der Waals surface area contributed by atoms with Crippen LogP contribution in [0.15, 0.2) is 24.4 Å². The van der Waals surface area contributed by atoms with E-state index in [2.05, 4.69) is 5.10 Å². The average Bonchev–Trinajstić information content (AvgIpc) is 3.13. The fraction of sp³-hybridized carbons (Fsp3) is 0.263.